The zero-order valence-corrected chi connectivity index (χ0v) is 11.8. The first-order valence-electron chi connectivity index (χ1n) is 6.28. The van der Waals surface area contributed by atoms with Gasteiger partial charge in [-0.1, -0.05) is 12.8 Å². The summed E-state index contributed by atoms with van der Waals surface area (Å²) in [5.41, 5.74) is -0.267. The third kappa shape index (κ3) is 11.3. The largest absolute Gasteiger partial charge is 0.481 e. The summed E-state index contributed by atoms with van der Waals surface area (Å²) in [5, 5.41) is 17.2. The number of carboxylic acid groups (broad SMARTS) is 1. The summed E-state index contributed by atoms with van der Waals surface area (Å²) in [6.07, 6.45) is 3.92. The first-order valence-corrected chi connectivity index (χ1v) is 6.28. The van der Waals surface area contributed by atoms with Gasteiger partial charge in [0.05, 0.1) is 11.1 Å². The smallest absolute Gasteiger partial charge is 0.303 e. The first kappa shape index (κ1) is 16.1. The Morgan fingerprint density at radius 1 is 1.00 bits per heavy atom. The number of unbranched alkanes of at least 4 members (excludes halogenated alkanes) is 2. The van der Waals surface area contributed by atoms with Crippen LogP contribution in [0.25, 0.3) is 0 Å². The number of hydrogen-bond donors (Lipinski definition) is 1. The Morgan fingerprint density at radius 2 is 1.59 bits per heavy atom. The van der Waals surface area contributed by atoms with Gasteiger partial charge in [-0.05, 0) is 47.5 Å². The van der Waals surface area contributed by atoms with Gasteiger partial charge in [0.15, 0.2) is 0 Å². The Kier molecular flexibility index (Phi) is 6.35. The van der Waals surface area contributed by atoms with Crippen LogP contribution in [-0.2, 0) is 4.79 Å². The van der Waals surface area contributed by atoms with Crippen LogP contribution < -0.4 is 0 Å². The summed E-state index contributed by atoms with van der Waals surface area (Å²) in [4.78, 5) is 10.3. The van der Waals surface area contributed by atoms with Crippen LogP contribution in [0.1, 0.15) is 66.7 Å². The number of rotatable bonds is 7. The van der Waals surface area contributed by atoms with Crippen LogP contribution in [-0.4, -0.2) is 22.2 Å². The number of hydrogen-bond acceptors (Lipinski definition) is 3. The van der Waals surface area contributed by atoms with E-state index in [9.17, 15) is 4.79 Å². The molecule has 4 heteroatoms. The van der Waals surface area contributed by atoms with Crippen LogP contribution in [0.3, 0.4) is 0 Å². The summed E-state index contributed by atoms with van der Waals surface area (Å²) < 4.78 is 0. The molecule has 0 amide bonds. The van der Waals surface area contributed by atoms with E-state index in [-0.39, 0.29) is 17.5 Å². The van der Waals surface area contributed by atoms with E-state index in [4.69, 9.17) is 5.11 Å². The highest BCUT2D eigenvalue weighted by Crippen LogP contribution is 2.21. The molecule has 0 aliphatic carbocycles. The van der Waals surface area contributed by atoms with Crippen molar-refractivity contribution >= 4 is 5.97 Å². The van der Waals surface area contributed by atoms with Crippen molar-refractivity contribution in [3.63, 3.8) is 0 Å². The molecule has 0 saturated heterocycles. The van der Waals surface area contributed by atoms with Crippen LogP contribution in [0.15, 0.2) is 10.2 Å². The number of nitrogens with zero attached hydrogens (tertiary/aromatic N) is 2. The van der Waals surface area contributed by atoms with Crippen molar-refractivity contribution in [1.82, 2.24) is 0 Å². The molecule has 4 nitrogen and oxygen atoms in total. The van der Waals surface area contributed by atoms with Gasteiger partial charge >= 0.3 is 5.97 Å². The van der Waals surface area contributed by atoms with E-state index in [0.29, 0.717) is 0 Å². The first-order chi connectivity index (χ1) is 7.62. The predicted molar refractivity (Wildman–Crippen MR) is 69.4 cm³/mol. The van der Waals surface area contributed by atoms with Crippen LogP contribution in [0, 0.1) is 0 Å². The average Bonchev–Trinajstić information content (AvgIpc) is 2.13. The van der Waals surface area contributed by atoms with Crippen molar-refractivity contribution in [3.05, 3.63) is 0 Å². The molecule has 0 bridgehead atoms. The van der Waals surface area contributed by atoms with E-state index in [1.165, 1.54) is 0 Å². The minimum Gasteiger partial charge on any atom is -0.481 e. The van der Waals surface area contributed by atoms with Crippen LogP contribution in [0.5, 0.6) is 0 Å². The Bertz CT molecular complexity index is 265. The molecule has 0 radical (unpaired) electrons. The van der Waals surface area contributed by atoms with Crippen molar-refractivity contribution in [2.24, 2.45) is 10.2 Å². The van der Waals surface area contributed by atoms with E-state index in [2.05, 4.69) is 24.1 Å². The van der Waals surface area contributed by atoms with Gasteiger partial charge < -0.3 is 5.11 Å². The molecule has 100 valence electrons. The zero-order chi connectivity index (χ0) is 13.5. The molecule has 0 saturated carbocycles. The number of carboxylic acids is 1. The third-order valence-corrected chi connectivity index (χ3v) is 2.30. The Labute approximate surface area is 105 Å². The molecule has 0 atom stereocenters. The SMILES string of the molecule is CC(C)(C)N=NC(C)(C)CCCCCC(=O)O. The van der Waals surface area contributed by atoms with E-state index in [0.717, 1.165) is 25.7 Å². The van der Waals surface area contributed by atoms with E-state index < -0.39 is 5.97 Å². The summed E-state index contributed by atoms with van der Waals surface area (Å²) in [5.74, 6) is -0.711. The molecule has 17 heavy (non-hydrogen) atoms. The summed E-state index contributed by atoms with van der Waals surface area (Å²) >= 11 is 0. The molecular formula is C13H26N2O2. The van der Waals surface area contributed by atoms with Gasteiger partial charge in [-0.25, -0.2) is 0 Å². The second-order valence-corrected chi connectivity index (χ2v) is 6.14. The van der Waals surface area contributed by atoms with Gasteiger partial charge in [0.1, 0.15) is 0 Å². The van der Waals surface area contributed by atoms with Crippen LogP contribution in [0.4, 0.5) is 0 Å². The quantitative estimate of drug-likeness (QED) is 0.540. The molecule has 0 aromatic carbocycles. The standard InChI is InChI=1S/C13H26N2O2/c1-12(2,3)14-15-13(4,5)10-8-6-7-9-11(16)17/h6-10H2,1-5H3,(H,16,17). The maximum atomic E-state index is 10.3. The second kappa shape index (κ2) is 6.72. The molecule has 0 fully saturated rings. The third-order valence-electron chi connectivity index (χ3n) is 2.30. The molecule has 1 N–H and O–H groups in total. The minimum atomic E-state index is -0.711. The molecular weight excluding hydrogens is 216 g/mol. The van der Waals surface area contributed by atoms with Crippen LogP contribution in [0.2, 0.25) is 0 Å². The fourth-order valence-electron chi connectivity index (χ4n) is 1.35. The molecule has 0 unspecified atom stereocenters. The number of aliphatic carboxylic acids is 1. The Morgan fingerprint density at radius 3 is 2.06 bits per heavy atom. The highest BCUT2D eigenvalue weighted by Gasteiger charge is 2.18. The van der Waals surface area contributed by atoms with Gasteiger partial charge in [0.2, 0.25) is 0 Å². The average molecular weight is 242 g/mol. The lowest BCUT2D eigenvalue weighted by atomic mass is 9.97. The molecule has 0 spiro atoms. The summed E-state index contributed by atoms with van der Waals surface area (Å²) in [7, 11) is 0. The lowest BCUT2D eigenvalue weighted by molar-refractivity contribution is -0.137. The molecule has 0 aliphatic heterocycles. The maximum absolute atomic E-state index is 10.3. The fourth-order valence-corrected chi connectivity index (χ4v) is 1.35. The molecule has 0 heterocycles. The molecule has 0 aromatic rings. The maximum Gasteiger partial charge on any atom is 0.303 e. The lowest BCUT2D eigenvalue weighted by Crippen LogP contribution is -2.18. The highest BCUT2D eigenvalue weighted by atomic mass is 16.4. The molecule has 0 aliphatic rings. The van der Waals surface area contributed by atoms with Crippen molar-refractivity contribution in [3.8, 4) is 0 Å². The Balaban J connectivity index is 3.86. The van der Waals surface area contributed by atoms with Crippen molar-refractivity contribution in [2.45, 2.75) is 77.8 Å². The van der Waals surface area contributed by atoms with Gasteiger partial charge in [-0.3, -0.25) is 4.79 Å². The summed E-state index contributed by atoms with van der Waals surface area (Å²) in [6.45, 7) is 10.2. The van der Waals surface area contributed by atoms with E-state index in [1.807, 2.05) is 20.8 Å². The Hall–Kier alpha value is -0.930. The van der Waals surface area contributed by atoms with E-state index in [1.54, 1.807) is 0 Å². The zero-order valence-electron chi connectivity index (χ0n) is 11.8. The molecule has 0 rings (SSSR count). The van der Waals surface area contributed by atoms with Crippen LogP contribution >= 0.6 is 0 Å². The van der Waals surface area contributed by atoms with Crippen molar-refractivity contribution in [1.29, 1.82) is 0 Å². The topological polar surface area (TPSA) is 62.0 Å². The highest BCUT2D eigenvalue weighted by molar-refractivity contribution is 5.66. The van der Waals surface area contributed by atoms with Gasteiger partial charge in [0.25, 0.3) is 0 Å². The van der Waals surface area contributed by atoms with E-state index >= 15 is 0 Å². The monoisotopic (exact) mass is 242 g/mol. The van der Waals surface area contributed by atoms with Gasteiger partial charge in [-0.15, -0.1) is 0 Å². The van der Waals surface area contributed by atoms with Crippen molar-refractivity contribution < 1.29 is 9.90 Å². The fraction of sp³-hybridized carbons (Fsp3) is 0.923. The van der Waals surface area contributed by atoms with Gasteiger partial charge in [-0.2, -0.15) is 10.2 Å². The number of azo groups is 1. The molecule has 0 aromatic heterocycles. The minimum absolute atomic E-state index is 0.124. The lowest BCUT2D eigenvalue weighted by Gasteiger charge is -2.20. The predicted octanol–water partition coefficient (Wildman–Crippen LogP) is 4.05. The van der Waals surface area contributed by atoms with Gasteiger partial charge in [0, 0.05) is 6.42 Å². The van der Waals surface area contributed by atoms with Crippen molar-refractivity contribution in [2.75, 3.05) is 0 Å². The summed E-state index contributed by atoms with van der Waals surface area (Å²) in [6, 6.07) is 0. The number of carbonyl (C=O) groups is 1. The normalized spacial score (nSPS) is 13.2. The second-order valence-electron chi connectivity index (χ2n) is 6.14.